The fourth-order valence-corrected chi connectivity index (χ4v) is 1.01. The molecule has 0 unspecified atom stereocenters. The first-order valence-corrected chi connectivity index (χ1v) is 5.80. The molecule has 1 rings (SSSR count). The van der Waals surface area contributed by atoms with Crippen LogP contribution in [0.5, 0.6) is 0 Å². The van der Waals surface area contributed by atoms with E-state index in [0.29, 0.717) is 0 Å². The molecule has 0 fully saturated rings. The van der Waals surface area contributed by atoms with Gasteiger partial charge in [-0.2, -0.15) is 0 Å². The minimum Gasteiger partial charge on any atom is -0.481 e. The number of hydrogen-bond acceptors (Lipinski definition) is 2. The lowest BCUT2D eigenvalue weighted by Gasteiger charge is -1.97. The average molecular weight is 254 g/mol. The van der Waals surface area contributed by atoms with E-state index in [1.807, 2.05) is 0 Å². The van der Waals surface area contributed by atoms with Gasteiger partial charge in [-0.25, -0.2) is 0 Å². The van der Waals surface area contributed by atoms with E-state index in [1.165, 1.54) is 11.1 Å². The monoisotopic (exact) mass is 254 g/mol. The normalized spacial score (nSPS) is 8.22. The Balaban J connectivity index is 0. The van der Waals surface area contributed by atoms with Gasteiger partial charge in [-0.15, -0.1) is 0 Å². The molecule has 18 heavy (non-hydrogen) atoms. The van der Waals surface area contributed by atoms with Crippen LogP contribution in [0.25, 0.3) is 0 Å². The highest BCUT2D eigenvalue weighted by atomic mass is 16.4. The second kappa shape index (κ2) is 11.6. The van der Waals surface area contributed by atoms with Gasteiger partial charge in [0.15, 0.2) is 0 Å². The molecule has 0 spiro atoms. The third kappa shape index (κ3) is 16.6. The Labute approximate surface area is 108 Å². The van der Waals surface area contributed by atoms with Crippen LogP contribution in [-0.4, -0.2) is 22.2 Å². The largest absolute Gasteiger partial charge is 0.481 e. The van der Waals surface area contributed by atoms with Crippen molar-refractivity contribution in [2.45, 2.75) is 40.5 Å². The Morgan fingerprint density at radius 2 is 1.00 bits per heavy atom. The third-order valence-corrected chi connectivity index (χ3v) is 1.84. The molecular formula is C14H22O4. The molecule has 0 aromatic heterocycles. The van der Waals surface area contributed by atoms with Crippen molar-refractivity contribution in [2.24, 2.45) is 0 Å². The number of rotatable bonds is 2. The van der Waals surface area contributed by atoms with Crippen molar-refractivity contribution < 1.29 is 19.8 Å². The van der Waals surface area contributed by atoms with Crippen LogP contribution in [0.2, 0.25) is 0 Å². The van der Waals surface area contributed by atoms with Gasteiger partial charge in [-0.05, 0) is 24.0 Å². The van der Waals surface area contributed by atoms with Crippen molar-refractivity contribution in [3.05, 3.63) is 35.4 Å². The molecule has 0 heterocycles. The van der Waals surface area contributed by atoms with Crippen LogP contribution >= 0.6 is 0 Å². The topological polar surface area (TPSA) is 74.6 Å². The first kappa shape index (κ1) is 18.5. The van der Waals surface area contributed by atoms with E-state index in [4.69, 9.17) is 19.8 Å². The summed E-state index contributed by atoms with van der Waals surface area (Å²) >= 11 is 0. The molecule has 0 atom stereocenters. The van der Waals surface area contributed by atoms with Crippen molar-refractivity contribution in [2.75, 3.05) is 0 Å². The van der Waals surface area contributed by atoms with E-state index in [9.17, 15) is 0 Å². The standard InChI is InChI=1S/C10H14.2C2H4O2/c1-3-9-5-7-10(4-2)8-6-9;2*1-2(3)4/h5-8H,3-4H2,1-2H3;2*1H3,(H,3,4). The van der Waals surface area contributed by atoms with E-state index >= 15 is 0 Å². The molecule has 2 N–H and O–H groups in total. The Bertz CT molecular complexity index is 298. The lowest BCUT2D eigenvalue weighted by molar-refractivity contribution is -0.135. The summed E-state index contributed by atoms with van der Waals surface area (Å²) in [5.74, 6) is -1.67. The van der Waals surface area contributed by atoms with Gasteiger partial charge in [0.2, 0.25) is 0 Å². The van der Waals surface area contributed by atoms with E-state index in [1.54, 1.807) is 0 Å². The number of carboxylic acids is 2. The van der Waals surface area contributed by atoms with Gasteiger partial charge in [-0.1, -0.05) is 38.1 Å². The van der Waals surface area contributed by atoms with Crippen LogP contribution in [0.3, 0.4) is 0 Å². The third-order valence-electron chi connectivity index (χ3n) is 1.84. The van der Waals surface area contributed by atoms with Crippen LogP contribution < -0.4 is 0 Å². The van der Waals surface area contributed by atoms with Gasteiger partial charge in [0, 0.05) is 13.8 Å². The van der Waals surface area contributed by atoms with Crippen LogP contribution in [0.15, 0.2) is 24.3 Å². The highest BCUT2D eigenvalue weighted by Gasteiger charge is 1.88. The van der Waals surface area contributed by atoms with Gasteiger partial charge < -0.3 is 10.2 Å². The molecule has 0 amide bonds. The predicted molar refractivity (Wildman–Crippen MR) is 71.8 cm³/mol. The van der Waals surface area contributed by atoms with Crippen molar-refractivity contribution in [1.29, 1.82) is 0 Å². The smallest absolute Gasteiger partial charge is 0.300 e. The molecule has 0 radical (unpaired) electrons. The minimum atomic E-state index is -0.833. The van der Waals surface area contributed by atoms with Crippen LogP contribution in [-0.2, 0) is 22.4 Å². The Kier molecular flexibility index (Phi) is 12.0. The maximum Gasteiger partial charge on any atom is 0.300 e. The SMILES string of the molecule is CC(=O)O.CC(=O)O.CCc1ccc(CC)cc1. The predicted octanol–water partition coefficient (Wildman–Crippen LogP) is 2.99. The zero-order valence-electron chi connectivity index (χ0n) is 11.4. The summed E-state index contributed by atoms with van der Waals surface area (Å²) in [6, 6.07) is 8.83. The molecule has 0 aliphatic rings. The van der Waals surface area contributed by atoms with Crippen LogP contribution in [0, 0.1) is 0 Å². The summed E-state index contributed by atoms with van der Waals surface area (Å²) in [7, 11) is 0. The number of carboxylic acid groups (broad SMARTS) is 2. The number of carbonyl (C=O) groups is 2. The van der Waals surface area contributed by atoms with Gasteiger partial charge in [0.25, 0.3) is 11.9 Å². The molecule has 0 aliphatic carbocycles. The molecule has 4 heteroatoms. The molecule has 0 aliphatic heterocycles. The van der Waals surface area contributed by atoms with E-state index in [2.05, 4.69) is 38.1 Å². The first-order chi connectivity index (χ1) is 8.33. The van der Waals surface area contributed by atoms with E-state index in [0.717, 1.165) is 26.7 Å². The van der Waals surface area contributed by atoms with Crippen LogP contribution in [0.1, 0.15) is 38.8 Å². The fourth-order valence-electron chi connectivity index (χ4n) is 1.01. The molecule has 1 aromatic rings. The molecule has 0 bridgehead atoms. The lowest BCUT2D eigenvalue weighted by Crippen LogP contribution is -1.81. The second-order valence-electron chi connectivity index (χ2n) is 3.56. The number of aliphatic carboxylic acids is 2. The average Bonchev–Trinajstić information content (AvgIpc) is 2.28. The molecule has 0 saturated heterocycles. The number of aryl methyl sites for hydroxylation is 2. The molecule has 0 saturated carbocycles. The summed E-state index contributed by atoms with van der Waals surface area (Å²) < 4.78 is 0. The summed E-state index contributed by atoms with van der Waals surface area (Å²) in [5, 5.41) is 14.8. The highest BCUT2D eigenvalue weighted by Crippen LogP contribution is 2.04. The van der Waals surface area contributed by atoms with Crippen molar-refractivity contribution >= 4 is 11.9 Å². The maximum atomic E-state index is 9.00. The fraction of sp³-hybridized carbons (Fsp3) is 0.429. The van der Waals surface area contributed by atoms with Gasteiger partial charge >= 0.3 is 0 Å². The summed E-state index contributed by atoms with van der Waals surface area (Å²) in [4.78, 5) is 18.0. The van der Waals surface area contributed by atoms with Gasteiger partial charge in [0.1, 0.15) is 0 Å². The Morgan fingerprint density at radius 3 is 1.11 bits per heavy atom. The number of hydrogen-bond donors (Lipinski definition) is 2. The Morgan fingerprint density at radius 1 is 0.833 bits per heavy atom. The summed E-state index contributed by atoms with van der Waals surface area (Å²) in [6.07, 6.45) is 2.29. The molecule has 4 nitrogen and oxygen atoms in total. The van der Waals surface area contributed by atoms with Crippen LogP contribution in [0.4, 0.5) is 0 Å². The van der Waals surface area contributed by atoms with Crippen molar-refractivity contribution in [3.8, 4) is 0 Å². The Hall–Kier alpha value is -1.84. The van der Waals surface area contributed by atoms with Gasteiger partial charge in [0.05, 0.1) is 0 Å². The molecule has 102 valence electrons. The van der Waals surface area contributed by atoms with E-state index in [-0.39, 0.29) is 0 Å². The number of benzene rings is 1. The highest BCUT2D eigenvalue weighted by molar-refractivity contribution is 5.63. The summed E-state index contributed by atoms with van der Waals surface area (Å²) in [6.45, 7) is 6.53. The zero-order valence-corrected chi connectivity index (χ0v) is 11.4. The molecule has 1 aromatic carbocycles. The minimum absolute atomic E-state index is 0.833. The van der Waals surface area contributed by atoms with Crippen molar-refractivity contribution in [1.82, 2.24) is 0 Å². The zero-order chi connectivity index (χ0) is 14.6. The second-order valence-corrected chi connectivity index (χ2v) is 3.56. The quantitative estimate of drug-likeness (QED) is 0.850. The molecular weight excluding hydrogens is 232 g/mol. The maximum absolute atomic E-state index is 9.00. The lowest BCUT2D eigenvalue weighted by atomic mass is 10.1. The summed E-state index contributed by atoms with van der Waals surface area (Å²) in [5.41, 5.74) is 2.86. The first-order valence-electron chi connectivity index (χ1n) is 5.80. The van der Waals surface area contributed by atoms with Crippen molar-refractivity contribution in [3.63, 3.8) is 0 Å². The van der Waals surface area contributed by atoms with E-state index < -0.39 is 11.9 Å². The van der Waals surface area contributed by atoms with Gasteiger partial charge in [-0.3, -0.25) is 9.59 Å².